The third kappa shape index (κ3) is 2.76. The van der Waals surface area contributed by atoms with Gasteiger partial charge in [-0.05, 0) is 25.8 Å². The zero-order chi connectivity index (χ0) is 14.9. The van der Waals surface area contributed by atoms with Crippen LogP contribution in [-0.2, 0) is 0 Å². The number of H-pyrrole nitrogens is 1. The van der Waals surface area contributed by atoms with E-state index < -0.39 is 5.91 Å². The standard InChI is InChI=1S/C13H18N6O/c1-6(2)10-9(14)11(19-18-10)12(20)17-13-15-7(3)5-8(4)16-13/h5-6H,14H2,1-4H3,(H,18,19)(H,15,16,17,20). The first kappa shape index (κ1) is 14.0. The predicted molar refractivity (Wildman–Crippen MR) is 76.5 cm³/mol. The molecule has 0 aromatic carbocycles. The van der Waals surface area contributed by atoms with Crippen molar-refractivity contribution in [3.05, 3.63) is 28.8 Å². The fourth-order valence-electron chi connectivity index (χ4n) is 1.92. The van der Waals surface area contributed by atoms with Crippen molar-refractivity contribution in [3.63, 3.8) is 0 Å². The minimum Gasteiger partial charge on any atom is -0.395 e. The van der Waals surface area contributed by atoms with Gasteiger partial charge < -0.3 is 5.73 Å². The van der Waals surface area contributed by atoms with E-state index in [1.165, 1.54) is 0 Å². The highest BCUT2D eigenvalue weighted by atomic mass is 16.2. The lowest BCUT2D eigenvalue weighted by atomic mass is 10.1. The van der Waals surface area contributed by atoms with Crippen molar-refractivity contribution in [1.82, 2.24) is 20.2 Å². The minimum absolute atomic E-state index is 0.163. The molecule has 0 fully saturated rings. The molecule has 0 aliphatic rings. The first-order valence-corrected chi connectivity index (χ1v) is 6.36. The van der Waals surface area contributed by atoms with Crippen molar-refractivity contribution < 1.29 is 4.79 Å². The largest absolute Gasteiger partial charge is 0.395 e. The van der Waals surface area contributed by atoms with Gasteiger partial charge in [0.25, 0.3) is 5.91 Å². The molecule has 106 valence electrons. The number of carbonyl (C=O) groups is 1. The smallest absolute Gasteiger partial charge is 0.280 e. The number of nitrogen functional groups attached to an aromatic ring is 1. The highest BCUT2D eigenvalue weighted by Gasteiger charge is 2.19. The summed E-state index contributed by atoms with van der Waals surface area (Å²) in [5.41, 5.74) is 8.76. The third-order valence-corrected chi connectivity index (χ3v) is 2.83. The number of nitrogens with zero attached hydrogens (tertiary/aromatic N) is 3. The first-order chi connectivity index (χ1) is 9.38. The van der Waals surface area contributed by atoms with E-state index in [0.29, 0.717) is 5.69 Å². The summed E-state index contributed by atoms with van der Waals surface area (Å²) in [4.78, 5) is 20.4. The predicted octanol–water partition coefficient (Wildman–Crippen LogP) is 1.77. The van der Waals surface area contributed by atoms with Gasteiger partial charge in [0, 0.05) is 11.4 Å². The number of aromatic amines is 1. The van der Waals surface area contributed by atoms with Gasteiger partial charge in [-0.2, -0.15) is 5.10 Å². The molecule has 0 radical (unpaired) electrons. The van der Waals surface area contributed by atoms with E-state index in [0.717, 1.165) is 17.1 Å². The number of aromatic nitrogens is 4. The molecule has 2 rings (SSSR count). The summed E-state index contributed by atoms with van der Waals surface area (Å²) in [7, 11) is 0. The average molecular weight is 274 g/mol. The number of anilines is 2. The summed E-state index contributed by atoms with van der Waals surface area (Å²) in [6, 6.07) is 1.83. The Labute approximate surface area is 117 Å². The summed E-state index contributed by atoms with van der Waals surface area (Å²) >= 11 is 0. The van der Waals surface area contributed by atoms with Gasteiger partial charge in [0.15, 0.2) is 5.69 Å². The van der Waals surface area contributed by atoms with Crippen LogP contribution in [0.4, 0.5) is 11.6 Å². The van der Waals surface area contributed by atoms with Crippen LogP contribution < -0.4 is 11.1 Å². The Morgan fingerprint density at radius 2 is 1.90 bits per heavy atom. The Balaban J connectivity index is 2.24. The molecule has 2 aromatic heterocycles. The van der Waals surface area contributed by atoms with Gasteiger partial charge in [0.1, 0.15) is 0 Å². The Morgan fingerprint density at radius 1 is 1.30 bits per heavy atom. The summed E-state index contributed by atoms with van der Waals surface area (Å²) in [5, 5.41) is 9.36. The summed E-state index contributed by atoms with van der Waals surface area (Å²) in [6.45, 7) is 7.62. The zero-order valence-corrected chi connectivity index (χ0v) is 12.0. The lowest BCUT2D eigenvalue weighted by molar-refractivity contribution is 0.102. The molecule has 0 saturated heterocycles. The monoisotopic (exact) mass is 274 g/mol. The van der Waals surface area contributed by atoms with Crippen LogP contribution in [-0.4, -0.2) is 26.1 Å². The lowest BCUT2D eigenvalue weighted by Crippen LogP contribution is -2.17. The molecule has 4 N–H and O–H groups in total. The van der Waals surface area contributed by atoms with Crippen LogP contribution in [0.2, 0.25) is 0 Å². The molecule has 0 aliphatic carbocycles. The second kappa shape index (κ2) is 5.28. The quantitative estimate of drug-likeness (QED) is 0.790. The molecular formula is C13H18N6O. The van der Waals surface area contributed by atoms with Crippen LogP contribution in [0.15, 0.2) is 6.07 Å². The van der Waals surface area contributed by atoms with Crippen LogP contribution in [0.1, 0.15) is 47.3 Å². The van der Waals surface area contributed by atoms with Crippen molar-refractivity contribution in [1.29, 1.82) is 0 Å². The molecule has 7 heteroatoms. The van der Waals surface area contributed by atoms with E-state index in [1.807, 2.05) is 33.8 Å². The Hall–Kier alpha value is -2.44. The van der Waals surface area contributed by atoms with Gasteiger partial charge in [-0.1, -0.05) is 13.8 Å². The molecule has 0 atom stereocenters. The zero-order valence-electron chi connectivity index (χ0n) is 12.0. The molecule has 2 aromatic rings. The van der Waals surface area contributed by atoms with E-state index in [9.17, 15) is 4.79 Å². The van der Waals surface area contributed by atoms with E-state index >= 15 is 0 Å². The molecule has 0 aliphatic heterocycles. The van der Waals surface area contributed by atoms with Crippen LogP contribution in [0.25, 0.3) is 0 Å². The second-order valence-electron chi connectivity index (χ2n) is 4.98. The first-order valence-electron chi connectivity index (χ1n) is 6.36. The highest BCUT2D eigenvalue weighted by molar-refractivity contribution is 6.05. The average Bonchev–Trinajstić information content (AvgIpc) is 2.69. The van der Waals surface area contributed by atoms with Crippen molar-refractivity contribution in [2.45, 2.75) is 33.6 Å². The van der Waals surface area contributed by atoms with Crippen LogP contribution in [0, 0.1) is 13.8 Å². The maximum Gasteiger partial charge on any atom is 0.280 e. The number of nitrogens with one attached hydrogen (secondary N) is 2. The normalized spacial score (nSPS) is 10.8. The third-order valence-electron chi connectivity index (χ3n) is 2.83. The fourth-order valence-corrected chi connectivity index (χ4v) is 1.92. The van der Waals surface area contributed by atoms with Gasteiger partial charge in [-0.25, -0.2) is 9.97 Å². The number of carbonyl (C=O) groups excluding carboxylic acids is 1. The lowest BCUT2D eigenvalue weighted by Gasteiger charge is -2.05. The van der Waals surface area contributed by atoms with Gasteiger partial charge >= 0.3 is 0 Å². The molecule has 0 unspecified atom stereocenters. The SMILES string of the molecule is Cc1cc(C)nc(NC(=O)c2n[nH]c(C(C)C)c2N)n1. The van der Waals surface area contributed by atoms with Crippen molar-refractivity contribution in [3.8, 4) is 0 Å². The number of aryl methyl sites for hydroxylation is 2. The van der Waals surface area contributed by atoms with Crippen molar-refractivity contribution in [2.75, 3.05) is 11.1 Å². The van der Waals surface area contributed by atoms with E-state index in [-0.39, 0.29) is 17.6 Å². The van der Waals surface area contributed by atoms with Crippen LogP contribution >= 0.6 is 0 Å². The summed E-state index contributed by atoms with van der Waals surface area (Å²) < 4.78 is 0. The van der Waals surface area contributed by atoms with E-state index in [4.69, 9.17) is 5.73 Å². The molecule has 0 spiro atoms. The van der Waals surface area contributed by atoms with Crippen LogP contribution in [0.5, 0.6) is 0 Å². The number of amides is 1. The van der Waals surface area contributed by atoms with Crippen molar-refractivity contribution in [2.24, 2.45) is 0 Å². The molecule has 7 nitrogen and oxygen atoms in total. The second-order valence-corrected chi connectivity index (χ2v) is 4.98. The molecule has 0 saturated carbocycles. The molecular weight excluding hydrogens is 256 g/mol. The Bertz CT molecular complexity index is 626. The summed E-state index contributed by atoms with van der Waals surface area (Å²) in [6.07, 6.45) is 0. The molecule has 2 heterocycles. The van der Waals surface area contributed by atoms with Gasteiger partial charge in [0.05, 0.1) is 11.4 Å². The topological polar surface area (TPSA) is 110 Å². The minimum atomic E-state index is -0.421. The van der Waals surface area contributed by atoms with Crippen LogP contribution in [0.3, 0.4) is 0 Å². The van der Waals surface area contributed by atoms with E-state index in [1.54, 1.807) is 0 Å². The molecule has 0 bridgehead atoms. The summed E-state index contributed by atoms with van der Waals surface area (Å²) in [5.74, 6) is -0.00170. The fraction of sp³-hybridized carbons (Fsp3) is 0.385. The van der Waals surface area contributed by atoms with E-state index in [2.05, 4.69) is 25.5 Å². The van der Waals surface area contributed by atoms with Gasteiger partial charge in [0.2, 0.25) is 5.95 Å². The number of nitrogens with two attached hydrogens (primary N) is 1. The maximum atomic E-state index is 12.1. The Morgan fingerprint density at radius 3 is 2.40 bits per heavy atom. The highest BCUT2D eigenvalue weighted by Crippen LogP contribution is 2.22. The molecule has 20 heavy (non-hydrogen) atoms. The number of hydrogen-bond donors (Lipinski definition) is 3. The number of rotatable bonds is 3. The molecule has 1 amide bonds. The van der Waals surface area contributed by atoms with Gasteiger partial charge in [-0.3, -0.25) is 15.2 Å². The Kier molecular flexibility index (Phi) is 3.69. The van der Waals surface area contributed by atoms with Crippen molar-refractivity contribution >= 4 is 17.5 Å². The maximum absolute atomic E-state index is 12.1. The number of hydrogen-bond acceptors (Lipinski definition) is 5. The van der Waals surface area contributed by atoms with Gasteiger partial charge in [-0.15, -0.1) is 0 Å².